The Morgan fingerprint density at radius 2 is 2.20 bits per heavy atom. The summed E-state index contributed by atoms with van der Waals surface area (Å²) in [6.07, 6.45) is 7.24. The average Bonchev–Trinajstić information content (AvgIpc) is 2.46. The van der Waals surface area contributed by atoms with Gasteiger partial charge in [0.25, 0.3) is 0 Å². The molecule has 0 aliphatic heterocycles. The molecule has 1 heterocycles. The SMILES string of the molecule is C=CCCCC(C)NC(=O)NCC(O)c1ccncc1. The molecule has 0 aromatic carbocycles. The predicted octanol–water partition coefficient (Wildman–Crippen LogP) is 2.16. The van der Waals surface area contributed by atoms with Crippen LogP contribution in [0.3, 0.4) is 0 Å². The Hall–Kier alpha value is -1.88. The number of hydrogen-bond donors (Lipinski definition) is 3. The van der Waals surface area contributed by atoms with Gasteiger partial charge in [0.2, 0.25) is 0 Å². The fourth-order valence-corrected chi connectivity index (χ4v) is 1.81. The van der Waals surface area contributed by atoms with Crippen LogP contribution in [0, 0.1) is 0 Å². The number of aromatic nitrogens is 1. The van der Waals surface area contributed by atoms with E-state index in [1.165, 1.54) is 0 Å². The van der Waals surface area contributed by atoms with Crippen molar-refractivity contribution in [1.82, 2.24) is 15.6 Å². The molecule has 0 fully saturated rings. The van der Waals surface area contributed by atoms with Gasteiger partial charge in [0.15, 0.2) is 0 Å². The molecule has 0 aliphatic rings. The van der Waals surface area contributed by atoms with E-state index in [9.17, 15) is 9.90 Å². The van der Waals surface area contributed by atoms with Crippen molar-refractivity contribution in [3.8, 4) is 0 Å². The maximum atomic E-state index is 11.7. The summed E-state index contributed by atoms with van der Waals surface area (Å²) in [5.74, 6) is 0. The topological polar surface area (TPSA) is 74.2 Å². The molecule has 0 spiro atoms. The minimum absolute atomic E-state index is 0.105. The third kappa shape index (κ3) is 6.33. The third-order valence-corrected chi connectivity index (χ3v) is 2.97. The van der Waals surface area contributed by atoms with Gasteiger partial charge in [-0.2, -0.15) is 0 Å². The molecule has 2 amide bonds. The Morgan fingerprint density at radius 1 is 1.50 bits per heavy atom. The molecule has 5 heteroatoms. The molecule has 0 saturated heterocycles. The Balaban J connectivity index is 2.24. The van der Waals surface area contributed by atoms with E-state index in [0.29, 0.717) is 0 Å². The molecule has 5 nitrogen and oxygen atoms in total. The molecule has 1 aromatic heterocycles. The number of nitrogens with one attached hydrogen (secondary N) is 2. The number of amides is 2. The third-order valence-electron chi connectivity index (χ3n) is 2.97. The van der Waals surface area contributed by atoms with Crippen LogP contribution >= 0.6 is 0 Å². The van der Waals surface area contributed by atoms with Crippen molar-refractivity contribution in [3.05, 3.63) is 42.7 Å². The van der Waals surface area contributed by atoms with E-state index in [0.717, 1.165) is 24.8 Å². The van der Waals surface area contributed by atoms with Crippen LogP contribution in [0.5, 0.6) is 0 Å². The number of carbonyl (C=O) groups excluding carboxylic acids is 1. The maximum absolute atomic E-state index is 11.7. The van der Waals surface area contributed by atoms with Gasteiger partial charge in [0.05, 0.1) is 6.10 Å². The largest absolute Gasteiger partial charge is 0.387 e. The van der Waals surface area contributed by atoms with E-state index in [1.54, 1.807) is 24.5 Å². The van der Waals surface area contributed by atoms with Crippen molar-refractivity contribution in [3.63, 3.8) is 0 Å². The Morgan fingerprint density at radius 3 is 2.85 bits per heavy atom. The molecular formula is C15H23N3O2. The second kappa shape index (κ2) is 9.09. The predicted molar refractivity (Wildman–Crippen MR) is 79.2 cm³/mol. The first-order valence-corrected chi connectivity index (χ1v) is 6.86. The summed E-state index contributed by atoms with van der Waals surface area (Å²) in [6, 6.07) is 3.29. The van der Waals surface area contributed by atoms with Crippen molar-refractivity contribution in [2.75, 3.05) is 6.54 Å². The van der Waals surface area contributed by atoms with Crippen molar-refractivity contribution < 1.29 is 9.90 Å². The molecule has 2 unspecified atom stereocenters. The molecule has 0 radical (unpaired) electrons. The molecule has 0 saturated carbocycles. The summed E-state index contributed by atoms with van der Waals surface area (Å²) in [6.45, 7) is 5.80. The number of unbranched alkanes of at least 4 members (excludes halogenated alkanes) is 1. The number of aliphatic hydroxyl groups excluding tert-OH is 1. The zero-order valence-electron chi connectivity index (χ0n) is 11.9. The lowest BCUT2D eigenvalue weighted by Crippen LogP contribution is -2.42. The van der Waals surface area contributed by atoms with Gasteiger partial charge in [-0.05, 0) is 43.9 Å². The monoisotopic (exact) mass is 277 g/mol. The van der Waals surface area contributed by atoms with Gasteiger partial charge in [-0.25, -0.2) is 4.79 Å². The van der Waals surface area contributed by atoms with E-state index in [1.807, 2.05) is 13.0 Å². The summed E-state index contributed by atoms with van der Waals surface area (Å²) < 4.78 is 0. The Kier molecular flexibility index (Phi) is 7.35. The lowest BCUT2D eigenvalue weighted by Gasteiger charge is -2.16. The molecule has 1 rings (SSSR count). The standard InChI is InChI=1S/C15H23N3O2/c1-3-4-5-6-12(2)18-15(20)17-11-14(19)13-7-9-16-10-8-13/h3,7-10,12,14,19H,1,4-6,11H2,2H3,(H2,17,18,20). The first-order chi connectivity index (χ1) is 9.63. The fourth-order valence-electron chi connectivity index (χ4n) is 1.81. The highest BCUT2D eigenvalue weighted by Gasteiger charge is 2.10. The van der Waals surface area contributed by atoms with Gasteiger partial charge in [-0.3, -0.25) is 4.98 Å². The van der Waals surface area contributed by atoms with Crippen LogP contribution in [0.25, 0.3) is 0 Å². The summed E-state index contributed by atoms with van der Waals surface area (Å²) in [4.78, 5) is 15.5. The normalized spacial score (nSPS) is 13.3. The van der Waals surface area contributed by atoms with Crippen molar-refractivity contribution in [2.45, 2.75) is 38.3 Å². The highest BCUT2D eigenvalue weighted by molar-refractivity contribution is 5.74. The van der Waals surface area contributed by atoms with Crippen LogP contribution < -0.4 is 10.6 Å². The number of rotatable bonds is 8. The molecule has 3 N–H and O–H groups in total. The van der Waals surface area contributed by atoms with Gasteiger partial charge in [0, 0.05) is 25.0 Å². The van der Waals surface area contributed by atoms with Crippen molar-refractivity contribution in [2.24, 2.45) is 0 Å². The zero-order valence-corrected chi connectivity index (χ0v) is 11.9. The highest BCUT2D eigenvalue weighted by atomic mass is 16.3. The van der Waals surface area contributed by atoms with Gasteiger partial charge in [0.1, 0.15) is 0 Å². The number of aliphatic hydroxyl groups is 1. The number of pyridine rings is 1. The maximum Gasteiger partial charge on any atom is 0.315 e. The smallest absolute Gasteiger partial charge is 0.315 e. The summed E-state index contributed by atoms with van der Waals surface area (Å²) in [7, 11) is 0. The van der Waals surface area contributed by atoms with Crippen LogP contribution in [0.1, 0.15) is 37.9 Å². The number of hydrogen-bond acceptors (Lipinski definition) is 3. The van der Waals surface area contributed by atoms with E-state index < -0.39 is 6.10 Å². The van der Waals surface area contributed by atoms with E-state index in [2.05, 4.69) is 22.2 Å². The second-order valence-electron chi connectivity index (χ2n) is 4.77. The summed E-state index contributed by atoms with van der Waals surface area (Å²) in [5.41, 5.74) is 0.735. The first-order valence-electron chi connectivity index (χ1n) is 6.86. The summed E-state index contributed by atoms with van der Waals surface area (Å²) >= 11 is 0. The van der Waals surface area contributed by atoms with Gasteiger partial charge in [-0.15, -0.1) is 6.58 Å². The van der Waals surface area contributed by atoms with Gasteiger partial charge >= 0.3 is 6.03 Å². The lowest BCUT2D eigenvalue weighted by molar-refractivity contribution is 0.172. The van der Waals surface area contributed by atoms with Crippen LogP contribution in [0.4, 0.5) is 4.79 Å². The van der Waals surface area contributed by atoms with Crippen LogP contribution in [-0.4, -0.2) is 28.7 Å². The molecule has 0 bridgehead atoms. The van der Waals surface area contributed by atoms with Gasteiger partial charge in [-0.1, -0.05) is 6.08 Å². The Labute approximate surface area is 120 Å². The minimum Gasteiger partial charge on any atom is -0.387 e. The van der Waals surface area contributed by atoms with Crippen molar-refractivity contribution >= 4 is 6.03 Å². The lowest BCUT2D eigenvalue weighted by atomic mass is 10.1. The van der Waals surface area contributed by atoms with Crippen molar-refractivity contribution in [1.29, 1.82) is 0 Å². The van der Waals surface area contributed by atoms with Crippen LogP contribution in [0.15, 0.2) is 37.2 Å². The number of urea groups is 1. The molecule has 0 aliphatic carbocycles. The molecule has 20 heavy (non-hydrogen) atoms. The number of allylic oxidation sites excluding steroid dienone is 1. The quantitative estimate of drug-likeness (QED) is 0.503. The zero-order chi connectivity index (χ0) is 14.8. The van der Waals surface area contributed by atoms with E-state index in [4.69, 9.17) is 0 Å². The van der Waals surface area contributed by atoms with Crippen LogP contribution in [0.2, 0.25) is 0 Å². The first kappa shape index (κ1) is 16.2. The summed E-state index contributed by atoms with van der Waals surface area (Å²) in [5, 5.41) is 15.4. The fraction of sp³-hybridized carbons (Fsp3) is 0.467. The molecule has 110 valence electrons. The average molecular weight is 277 g/mol. The number of carbonyl (C=O) groups is 1. The second-order valence-corrected chi connectivity index (χ2v) is 4.77. The van der Waals surface area contributed by atoms with Crippen LogP contribution in [-0.2, 0) is 0 Å². The van der Waals surface area contributed by atoms with E-state index in [-0.39, 0.29) is 18.6 Å². The highest BCUT2D eigenvalue weighted by Crippen LogP contribution is 2.09. The Bertz CT molecular complexity index is 409. The van der Waals surface area contributed by atoms with E-state index >= 15 is 0 Å². The minimum atomic E-state index is -0.722. The number of nitrogens with zero attached hydrogens (tertiary/aromatic N) is 1. The molecule has 2 atom stereocenters. The van der Waals surface area contributed by atoms with Gasteiger partial charge < -0.3 is 15.7 Å². The molecular weight excluding hydrogens is 254 g/mol. The molecule has 1 aromatic rings.